The first-order chi connectivity index (χ1) is 11.0. The molecule has 5 nitrogen and oxygen atoms in total. The molecule has 6 heteroatoms. The lowest BCUT2D eigenvalue weighted by Gasteiger charge is -2.35. The van der Waals surface area contributed by atoms with Crippen LogP contribution in [0.3, 0.4) is 0 Å². The molecule has 2 N–H and O–H groups in total. The van der Waals surface area contributed by atoms with Crippen molar-refractivity contribution in [1.29, 1.82) is 0 Å². The van der Waals surface area contributed by atoms with Crippen LogP contribution in [0.25, 0.3) is 0 Å². The molecule has 0 bridgehead atoms. The van der Waals surface area contributed by atoms with Crippen molar-refractivity contribution in [2.45, 2.75) is 26.5 Å². The lowest BCUT2D eigenvalue weighted by atomic mass is 10.0. The molecular weight excluding hydrogens is 297 g/mol. The number of pyridine rings is 1. The highest BCUT2D eigenvalue weighted by Gasteiger charge is 2.37. The summed E-state index contributed by atoms with van der Waals surface area (Å²) in [5, 5.41) is 0. The van der Waals surface area contributed by atoms with Crippen LogP contribution in [0.4, 0.5) is 16.0 Å². The van der Waals surface area contributed by atoms with Crippen molar-refractivity contribution in [3.05, 3.63) is 47.8 Å². The number of nitrogen functional groups attached to an aromatic ring is 1. The van der Waals surface area contributed by atoms with Gasteiger partial charge in [0.05, 0.1) is 6.54 Å². The summed E-state index contributed by atoms with van der Waals surface area (Å²) in [6.07, 6.45) is -0.576. The fourth-order valence-corrected chi connectivity index (χ4v) is 2.53. The van der Waals surface area contributed by atoms with Crippen molar-refractivity contribution < 1.29 is 13.9 Å². The molecule has 1 amide bonds. The lowest BCUT2D eigenvalue weighted by molar-refractivity contribution is -0.128. The first kappa shape index (κ1) is 15.3. The molecule has 0 radical (unpaired) electrons. The van der Waals surface area contributed by atoms with Gasteiger partial charge in [-0.1, -0.05) is 26.0 Å². The van der Waals surface area contributed by atoms with Crippen molar-refractivity contribution in [2.75, 3.05) is 10.6 Å². The zero-order valence-electron chi connectivity index (χ0n) is 13.0. The van der Waals surface area contributed by atoms with Crippen molar-refractivity contribution in [3.8, 4) is 5.75 Å². The van der Waals surface area contributed by atoms with Gasteiger partial charge in [-0.15, -0.1) is 0 Å². The molecule has 120 valence electrons. The molecule has 1 aromatic carbocycles. The molecule has 1 atom stereocenters. The predicted molar refractivity (Wildman–Crippen MR) is 85.5 cm³/mol. The minimum absolute atomic E-state index is 0.0175. The number of hydrogen-bond acceptors (Lipinski definition) is 4. The van der Waals surface area contributed by atoms with Gasteiger partial charge in [0.1, 0.15) is 11.6 Å². The number of benzene rings is 1. The topological polar surface area (TPSA) is 68.5 Å². The molecule has 0 fully saturated rings. The quantitative estimate of drug-likeness (QED) is 0.945. The summed E-state index contributed by atoms with van der Waals surface area (Å²) in [4.78, 5) is 18.5. The van der Waals surface area contributed by atoms with Crippen LogP contribution in [-0.2, 0) is 11.3 Å². The van der Waals surface area contributed by atoms with E-state index in [-0.39, 0.29) is 24.2 Å². The Morgan fingerprint density at radius 3 is 2.61 bits per heavy atom. The first-order valence-electron chi connectivity index (χ1n) is 7.44. The van der Waals surface area contributed by atoms with Crippen LogP contribution in [0, 0.1) is 11.7 Å². The average Bonchev–Trinajstić information content (AvgIpc) is 2.51. The smallest absolute Gasteiger partial charge is 0.269 e. The van der Waals surface area contributed by atoms with Gasteiger partial charge >= 0.3 is 0 Å². The molecule has 23 heavy (non-hydrogen) atoms. The summed E-state index contributed by atoms with van der Waals surface area (Å²) in [5.74, 6) is 0.770. The molecule has 0 saturated carbocycles. The van der Waals surface area contributed by atoms with E-state index in [4.69, 9.17) is 10.5 Å². The van der Waals surface area contributed by atoms with Gasteiger partial charge in [-0.2, -0.15) is 0 Å². The van der Waals surface area contributed by atoms with Crippen LogP contribution < -0.4 is 15.4 Å². The number of halogens is 1. The maximum atomic E-state index is 13.1. The Kier molecular flexibility index (Phi) is 3.90. The summed E-state index contributed by atoms with van der Waals surface area (Å²) >= 11 is 0. The number of anilines is 2. The van der Waals surface area contributed by atoms with E-state index < -0.39 is 6.10 Å². The van der Waals surface area contributed by atoms with Crippen molar-refractivity contribution in [3.63, 3.8) is 0 Å². The molecular formula is C17H18FN3O2. The third-order valence-corrected chi connectivity index (χ3v) is 3.74. The van der Waals surface area contributed by atoms with Crippen molar-refractivity contribution >= 4 is 17.5 Å². The summed E-state index contributed by atoms with van der Waals surface area (Å²) in [5.41, 5.74) is 6.55. The second-order valence-electron chi connectivity index (χ2n) is 5.89. The largest absolute Gasteiger partial charge is 0.476 e. The number of hydrogen-bond donors (Lipinski definition) is 1. The van der Waals surface area contributed by atoms with Crippen LogP contribution in [-0.4, -0.2) is 17.0 Å². The van der Waals surface area contributed by atoms with Crippen LogP contribution in [0.5, 0.6) is 5.75 Å². The molecule has 0 saturated heterocycles. The molecule has 2 aromatic rings. The van der Waals surface area contributed by atoms with E-state index in [1.807, 2.05) is 13.8 Å². The number of amides is 1. The zero-order valence-corrected chi connectivity index (χ0v) is 13.0. The molecule has 1 aliphatic rings. The predicted octanol–water partition coefficient (Wildman–Crippen LogP) is 2.75. The highest BCUT2D eigenvalue weighted by Crippen LogP contribution is 2.35. The Labute approximate surface area is 133 Å². The molecule has 0 spiro atoms. The second-order valence-corrected chi connectivity index (χ2v) is 5.89. The van der Waals surface area contributed by atoms with Crippen LogP contribution >= 0.6 is 0 Å². The second kappa shape index (κ2) is 5.87. The highest BCUT2D eigenvalue weighted by molar-refractivity contribution is 5.99. The SMILES string of the molecule is CC(C)C1Oc2ccc(N)nc2N(Cc2ccc(F)cc2)C1=O. The van der Waals surface area contributed by atoms with Crippen LogP contribution in [0.15, 0.2) is 36.4 Å². The van der Waals surface area contributed by atoms with E-state index in [1.54, 1.807) is 29.2 Å². The van der Waals surface area contributed by atoms with Crippen molar-refractivity contribution in [1.82, 2.24) is 4.98 Å². The van der Waals surface area contributed by atoms with Crippen LogP contribution in [0.2, 0.25) is 0 Å². The van der Waals surface area contributed by atoms with E-state index in [0.29, 0.717) is 17.4 Å². The summed E-state index contributed by atoms with van der Waals surface area (Å²) < 4.78 is 18.9. The van der Waals surface area contributed by atoms with Gasteiger partial charge < -0.3 is 10.5 Å². The standard InChI is InChI=1S/C17H18FN3O2/c1-10(2)15-17(22)21(9-11-3-5-12(18)6-4-11)16-13(23-15)7-8-14(19)20-16/h3-8,10,15H,9H2,1-2H3,(H2,19,20). The fraction of sp³-hybridized carbons (Fsp3) is 0.294. The number of aromatic nitrogens is 1. The molecule has 0 aliphatic carbocycles. The van der Waals surface area contributed by atoms with E-state index in [1.165, 1.54) is 12.1 Å². The van der Waals surface area contributed by atoms with E-state index in [9.17, 15) is 9.18 Å². The minimum Gasteiger partial charge on any atom is -0.476 e. The number of rotatable bonds is 3. The minimum atomic E-state index is -0.576. The Morgan fingerprint density at radius 2 is 1.96 bits per heavy atom. The van der Waals surface area contributed by atoms with E-state index in [0.717, 1.165) is 5.56 Å². The average molecular weight is 315 g/mol. The van der Waals surface area contributed by atoms with Gasteiger partial charge in [0.2, 0.25) is 0 Å². The fourth-order valence-electron chi connectivity index (χ4n) is 2.53. The van der Waals surface area contributed by atoms with Gasteiger partial charge in [-0.3, -0.25) is 9.69 Å². The molecule has 1 unspecified atom stereocenters. The highest BCUT2D eigenvalue weighted by atomic mass is 19.1. The normalized spacial score (nSPS) is 17.1. The number of carbonyl (C=O) groups excluding carboxylic acids is 1. The number of ether oxygens (including phenoxy) is 1. The van der Waals surface area contributed by atoms with E-state index in [2.05, 4.69) is 4.98 Å². The zero-order chi connectivity index (χ0) is 16.6. The number of nitrogens with two attached hydrogens (primary N) is 1. The monoisotopic (exact) mass is 315 g/mol. The molecule has 1 aliphatic heterocycles. The van der Waals surface area contributed by atoms with Crippen molar-refractivity contribution in [2.24, 2.45) is 5.92 Å². The van der Waals surface area contributed by atoms with Crippen LogP contribution in [0.1, 0.15) is 19.4 Å². The van der Waals surface area contributed by atoms with Gasteiger partial charge in [0.15, 0.2) is 17.7 Å². The van der Waals surface area contributed by atoms with Gasteiger partial charge in [0, 0.05) is 0 Å². The molecule has 1 aromatic heterocycles. The summed E-state index contributed by atoms with van der Waals surface area (Å²) in [7, 11) is 0. The third kappa shape index (κ3) is 2.97. The summed E-state index contributed by atoms with van der Waals surface area (Å²) in [6, 6.07) is 9.39. The van der Waals surface area contributed by atoms with Gasteiger partial charge in [-0.05, 0) is 35.7 Å². The van der Waals surface area contributed by atoms with Gasteiger partial charge in [-0.25, -0.2) is 9.37 Å². The lowest BCUT2D eigenvalue weighted by Crippen LogP contribution is -2.48. The third-order valence-electron chi connectivity index (χ3n) is 3.74. The maximum Gasteiger partial charge on any atom is 0.269 e. The van der Waals surface area contributed by atoms with E-state index >= 15 is 0 Å². The number of carbonyl (C=O) groups is 1. The maximum absolute atomic E-state index is 13.1. The Morgan fingerprint density at radius 1 is 1.26 bits per heavy atom. The number of nitrogens with zero attached hydrogens (tertiary/aromatic N) is 2. The Hall–Kier alpha value is -2.63. The number of fused-ring (bicyclic) bond motifs is 1. The van der Waals surface area contributed by atoms with Gasteiger partial charge in [0.25, 0.3) is 5.91 Å². The Bertz CT molecular complexity index is 731. The first-order valence-corrected chi connectivity index (χ1v) is 7.44. The Balaban J connectivity index is 2.00. The molecule has 3 rings (SSSR count). The molecule has 2 heterocycles. The summed E-state index contributed by atoms with van der Waals surface area (Å²) in [6.45, 7) is 4.14.